The molecule has 0 radical (unpaired) electrons. The molecule has 0 atom stereocenters. The molecule has 2 N–H and O–H groups in total. The monoisotopic (exact) mass is 318 g/mol. The molecule has 0 aliphatic rings. The second kappa shape index (κ2) is 7.37. The summed E-state index contributed by atoms with van der Waals surface area (Å²) in [5, 5.41) is 14.4. The summed E-state index contributed by atoms with van der Waals surface area (Å²) in [5.41, 5.74) is 3.24. The Hall–Kier alpha value is -3.21. The molecule has 120 valence electrons. The van der Waals surface area contributed by atoms with Crippen molar-refractivity contribution in [2.24, 2.45) is 0 Å². The van der Waals surface area contributed by atoms with Gasteiger partial charge in [-0.3, -0.25) is 4.79 Å². The van der Waals surface area contributed by atoms with Gasteiger partial charge in [-0.2, -0.15) is 0 Å². The summed E-state index contributed by atoms with van der Waals surface area (Å²) in [6.07, 6.45) is 0. The van der Waals surface area contributed by atoms with Crippen LogP contribution in [0.25, 0.3) is 11.3 Å². The van der Waals surface area contributed by atoms with Gasteiger partial charge < -0.3 is 10.6 Å². The molecule has 0 aliphatic heterocycles. The van der Waals surface area contributed by atoms with Crippen LogP contribution in [0.2, 0.25) is 0 Å². The van der Waals surface area contributed by atoms with Gasteiger partial charge in [0.05, 0.1) is 5.69 Å². The molecule has 0 unspecified atom stereocenters. The van der Waals surface area contributed by atoms with Crippen molar-refractivity contribution in [2.45, 2.75) is 6.92 Å². The summed E-state index contributed by atoms with van der Waals surface area (Å²) in [6.45, 7) is 2.49. The number of amides is 1. The number of rotatable bonds is 5. The van der Waals surface area contributed by atoms with E-state index in [1.54, 1.807) is 12.1 Å². The molecule has 3 aromatic rings. The lowest BCUT2D eigenvalue weighted by molar-refractivity contribution is 0.0956. The van der Waals surface area contributed by atoms with E-state index in [0.717, 1.165) is 16.9 Å². The number of anilines is 2. The molecule has 0 saturated carbocycles. The average Bonchev–Trinajstić information content (AvgIpc) is 2.63. The molecule has 5 heteroatoms. The van der Waals surface area contributed by atoms with E-state index in [0.29, 0.717) is 17.9 Å². The van der Waals surface area contributed by atoms with E-state index >= 15 is 0 Å². The molecule has 0 aliphatic carbocycles. The molecule has 1 aromatic heterocycles. The first-order valence-corrected chi connectivity index (χ1v) is 7.80. The summed E-state index contributed by atoms with van der Waals surface area (Å²) in [5.74, 6) is 0.536. The Kier molecular flexibility index (Phi) is 4.81. The smallest absolute Gasteiger partial charge is 0.251 e. The second-order valence-electron chi connectivity index (χ2n) is 5.24. The van der Waals surface area contributed by atoms with E-state index in [4.69, 9.17) is 0 Å². The lowest BCUT2D eigenvalue weighted by Gasteiger charge is -2.08. The average molecular weight is 318 g/mol. The highest BCUT2D eigenvalue weighted by atomic mass is 16.1. The van der Waals surface area contributed by atoms with Crippen LogP contribution in [-0.2, 0) is 0 Å². The molecule has 1 amide bonds. The molecule has 1 heterocycles. The highest BCUT2D eigenvalue weighted by molar-refractivity contribution is 5.95. The standard InChI is InChI=1S/C19H18N4O/c1-2-20-19(24)15-9-6-10-16(13-15)21-18-12-11-17(22-23-18)14-7-4-3-5-8-14/h3-13H,2H2,1H3,(H,20,24)(H,21,23). The SMILES string of the molecule is CCNC(=O)c1cccc(Nc2ccc(-c3ccccc3)nn2)c1. The maximum atomic E-state index is 11.9. The van der Waals surface area contributed by atoms with Gasteiger partial charge in [0.15, 0.2) is 5.82 Å². The van der Waals surface area contributed by atoms with Gasteiger partial charge in [-0.1, -0.05) is 36.4 Å². The highest BCUT2D eigenvalue weighted by Crippen LogP contribution is 2.19. The second-order valence-corrected chi connectivity index (χ2v) is 5.24. The maximum absolute atomic E-state index is 11.9. The number of hydrogen-bond donors (Lipinski definition) is 2. The predicted octanol–water partition coefficient (Wildman–Crippen LogP) is 3.64. The predicted molar refractivity (Wildman–Crippen MR) is 95.2 cm³/mol. The first kappa shape index (κ1) is 15.7. The summed E-state index contributed by atoms with van der Waals surface area (Å²) < 4.78 is 0. The normalized spacial score (nSPS) is 10.2. The van der Waals surface area contributed by atoms with Crippen LogP contribution in [0.15, 0.2) is 66.7 Å². The highest BCUT2D eigenvalue weighted by Gasteiger charge is 2.06. The summed E-state index contributed by atoms with van der Waals surface area (Å²) in [7, 11) is 0. The largest absolute Gasteiger partial charge is 0.352 e. The van der Waals surface area contributed by atoms with E-state index in [1.807, 2.05) is 61.5 Å². The Labute approximate surface area is 140 Å². The van der Waals surface area contributed by atoms with Crippen molar-refractivity contribution < 1.29 is 4.79 Å². The lowest BCUT2D eigenvalue weighted by Crippen LogP contribution is -2.22. The van der Waals surface area contributed by atoms with Crippen molar-refractivity contribution in [3.05, 3.63) is 72.3 Å². The Morgan fingerprint density at radius 3 is 2.50 bits per heavy atom. The Morgan fingerprint density at radius 1 is 0.958 bits per heavy atom. The number of carbonyl (C=O) groups excluding carboxylic acids is 1. The Morgan fingerprint density at radius 2 is 1.79 bits per heavy atom. The van der Waals surface area contributed by atoms with Crippen molar-refractivity contribution in [1.82, 2.24) is 15.5 Å². The fourth-order valence-corrected chi connectivity index (χ4v) is 2.31. The van der Waals surface area contributed by atoms with Gasteiger partial charge in [-0.15, -0.1) is 10.2 Å². The first-order valence-electron chi connectivity index (χ1n) is 7.80. The Bertz CT molecular complexity index is 816. The zero-order valence-electron chi connectivity index (χ0n) is 13.4. The maximum Gasteiger partial charge on any atom is 0.251 e. The van der Waals surface area contributed by atoms with E-state index in [1.165, 1.54) is 0 Å². The van der Waals surface area contributed by atoms with Crippen LogP contribution in [-0.4, -0.2) is 22.6 Å². The molecule has 0 bridgehead atoms. The summed E-state index contributed by atoms with van der Waals surface area (Å²) in [4.78, 5) is 11.9. The molecular weight excluding hydrogens is 300 g/mol. The Balaban J connectivity index is 1.75. The number of aromatic nitrogens is 2. The van der Waals surface area contributed by atoms with E-state index < -0.39 is 0 Å². The van der Waals surface area contributed by atoms with Crippen molar-refractivity contribution in [3.63, 3.8) is 0 Å². The van der Waals surface area contributed by atoms with Crippen LogP contribution in [0.1, 0.15) is 17.3 Å². The molecule has 24 heavy (non-hydrogen) atoms. The van der Waals surface area contributed by atoms with Crippen LogP contribution >= 0.6 is 0 Å². The van der Waals surface area contributed by atoms with Gasteiger partial charge in [-0.05, 0) is 37.3 Å². The number of hydrogen-bond acceptors (Lipinski definition) is 4. The third-order valence-electron chi connectivity index (χ3n) is 3.47. The van der Waals surface area contributed by atoms with E-state index in [9.17, 15) is 4.79 Å². The molecule has 5 nitrogen and oxygen atoms in total. The third kappa shape index (κ3) is 3.76. The minimum Gasteiger partial charge on any atom is -0.352 e. The van der Waals surface area contributed by atoms with Crippen LogP contribution in [0, 0.1) is 0 Å². The van der Waals surface area contributed by atoms with E-state index in [-0.39, 0.29) is 5.91 Å². The zero-order chi connectivity index (χ0) is 16.8. The summed E-state index contributed by atoms with van der Waals surface area (Å²) >= 11 is 0. The number of carbonyl (C=O) groups is 1. The van der Waals surface area contributed by atoms with Crippen LogP contribution in [0.4, 0.5) is 11.5 Å². The summed E-state index contributed by atoms with van der Waals surface area (Å²) in [6, 6.07) is 21.0. The van der Waals surface area contributed by atoms with Crippen LogP contribution in [0.3, 0.4) is 0 Å². The van der Waals surface area contributed by atoms with Crippen LogP contribution in [0.5, 0.6) is 0 Å². The quantitative estimate of drug-likeness (QED) is 0.754. The van der Waals surface area contributed by atoms with Gasteiger partial charge in [0.25, 0.3) is 5.91 Å². The third-order valence-corrected chi connectivity index (χ3v) is 3.47. The lowest BCUT2D eigenvalue weighted by atomic mass is 10.1. The fourth-order valence-electron chi connectivity index (χ4n) is 2.31. The van der Waals surface area contributed by atoms with Crippen molar-refractivity contribution >= 4 is 17.4 Å². The molecule has 0 fully saturated rings. The van der Waals surface area contributed by atoms with Crippen molar-refractivity contribution in [1.29, 1.82) is 0 Å². The molecule has 2 aromatic carbocycles. The number of nitrogens with one attached hydrogen (secondary N) is 2. The fraction of sp³-hybridized carbons (Fsp3) is 0.105. The minimum atomic E-state index is -0.0911. The van der Waals surface area contributed by atoms with Gasteiger partial charge in [0.1, 0.15) is 0 Å². The van der Waals surface area contributed by atoms with E-state index in [2.05, 4.69) is 20.8 Å². The van der Waals surface area contributed by atoms with Crippen molar-refractivity contribution in [3.8, 4) is 11.3 Å². The number of benzene rings is 2. The van der Waals surface area contributed by atoms with Gasteiger partial charge in [0.2, 0.25) is 0 Å². The minimum absolute atomic E-state index is 0.0911. The van der Waals surface area contributed by atoms with Gasteiger partial charge in [0, 0.05) is 23.4 Å². The molecular formula is C19H18N4O. The van der Waals surface area contributed by atoms with Gasteiger partial charge >= 0.3 is 0 Å². The molecule has 0 saturated heterocycles. The van der Waals surface area contributed by atoms with Crippen molar-refractivity contribution in [2.75, 3.05) is 11.9 Å². The topological polar surface area (TPSA) is 66.9 Å². The number of nitrogens with zero attached hydrogens (tertiary/aromatic N) is 2. The molecule has 0 spiro atoms. The van der Waals surface area contributed by atoms with Crippen LogP contribution < -0.4 is 10.6 Å². The zero-order valence-corrected chi connectivity index (χ0v) is 13.4. The molecule has 3 rings (SSSR count). The van der Waals surface area contributed by atoms with Gasteiger partial charge in [-0.25, -0.2) is 0 Å². The first-order chi connectivity index (χ1) is 11.8.